The first kappa shape index (κ1) is 15.6. The summed E-state index contributed by atoms with van der Waals surface area (Å²) in [5.74, 6) is -0.268. The van der Waals surface area contributed by atoms with Crippen molar-refractivity contribution in [2.75, 3.05) is 10.6 Å². The number of nitrogens with one attached hydrogen (secondary N) is 2. The van der Waals surface area contributed by atoms with E-state index in [-0.39, 0.29) is 5.91 Å². The molecule has 0 fully saturated rings. The third-order valence-corrected chi connectivity index (χ3v) is 2.93. The Balaban J connectivity index is 1.95. The van der Waals surface area contributed by atoms with Gasteiger partial charge in [0.05, 0.1) is 0 Å². The highest BCUT2D eigenvalue weighted by Gasteiger charge is 2.00. The third-order valence-electron chi connectivity index (χ3n) is 2.70. The minimum Gasteiger partial charge on any atom is -0.351 e. The van der Waals surface area contributed by atoms with E-state index in [0.29, 0.717) is 16.4 Å². The molecule has 0 bridgehead atoms. The lowest BCUT2D eigenvalue weighted by molar-refractivity contribution is -0.111. The van der Waals surface area contributed by atoms with Gasteiger partial charge in [-0.3, -0.25) is 4.79 Å². The van der Waals surface area contributed by atoms with Gasteiger partial charge in [-0.05, 0) is 48.0 Å². The summed E-state index contributed by atoms with van der Waals surface area (Å²) in [6, 6.07) is 13.1. The summed E-state index contributed by atoms with van der Waals surface area (Å²) in [5.41, 5.74) is 7.01. The average molecular weight is 316 g/mol. The Bertz CT molecular complexity index is 712. The predicted molar refractivity (Wildman–Crippen MR) is 88.8 cm³/mol. The quantitative estimate of drug-likeness (QED) is 0.755. The van der Waals surface area contributed by atoms with Gasteiger partial charge in [-0.25, -0.2) is 4.79 Å². The van der Waals surface area contributed by atoms with Gasteiger partial charge in [-0.2, -0.15) is 0 Å². The van der Waals surface area contributed by atoms with Crippen molar-refractivity contribution in [3.05, 3.63) is 65.2 Å². The largest absolute Gasteiger partial charge is 0.351 e. The molecular weight excluding hydrogens is 302 g/mol. The van der Waals surface area contributed by atoms with E-state index >= 15 is 0 Å². The molecule has 0 aliphatic carbocycles. The lowest BCUT2D eigenvalue weighted by Gasteiger charge is -2.04. The number of halogens is 1. The Labute approximate surface area is 132 Å². The first-order valence-corrected chi connectivity index (χ1v) is 6.82. The Kier molecular flexibility index (Phi) is 5.16. The Morgan fingerprint density at radius 3 is 2.23 bits per heavy atom. The van der Waals surface area contributed by atoms with Gasteiger partial charge < -0.3 is 16.4 Å². The average Bonchev–Trinajstić information content (AvgIpc) is 2.47. The molecule has 0 heterocycles. The number of hydrogen-bond acceptors (Lipinski definition) is 2. The van der Waals surface area contributed by atoms with E-state index in [4.69, 9.17) is 17.3 Å². The van der Waals surface area contributed by atoms with Gasteiger partial charge in [-0.15, -0.1) is 0 Å². The normalized spacial score (nSPS) is 10.4. The van der Waals surface area contributed by atoms with Gasteiger partial charge in [0.2, 0.25) is 5.91 Å². The lowest BCUT2D eigenvalue weighted by atomic mass is 10.2. The second kappa shape index (κ2) is 7.28. The van der Waals surface area contributed by atoms with Crippen LogP contribution in [0.25, 0.3) is 6.08 Å². The maximum Gasteiger partial charge on any atom is 0.316 e. The zero-order valence-corrected chi connectivity index (χ0v) is 12.3. The molecule has 0 radical (unpaired) electrons. The number of urea groups is 1. The van der Waals surface area contributed by atoms with Crippen LogP contribution < -0.4 is 16.4 Å². The number of anilines is 2. The van der Waals surface area contributed by atoms with Crippen molar-refractivity contribution in [3.8, 4) is 0 Å². The summed E-state index contributed by atoms with van der Waals surface area (Å²) in [6.45, 7) is 0. The van der Waals surface area contributed by atoms with Gasteiger partial charge in [0.15, 0.2) is 0 Å². The molecule has 112 valence electrons. The zero-order valence-electron chi connectivity index (χ0n) is 11.5. The molecule has 0 spiro atoms. The summed E-state index contributed by atoms with van der Waals surface area (Å²) >= 11 is 5.87. The van der Waals surface area contributed by atoms with Crippen molar-refractivity contribution in [1.29, 1.82) is 0 Å². The zero-order chi connectivity index (χ0) is 15.9. The molecule has 22 heavy (non-hydrogen) atoms. The van der Waals surface area contributed by atoms with E-state index in [9.17, 15) is 9.59 Å². The first-order chi connectivity index (χ1) is 10.5. The second-order valence-electron chi connectivity index (χ2n) is 4.44. The van der Waals surface area contributed by atoms with Gasteiger partial charge in [0.1, 0.15) is 0 Å². The van der Waals surface area contributed by atoms with Crippen LogP contribution in [0.15, 0.2) is 54.6 Å². The van der Waals surface area contributed by atoms with Crippen LogP contribution in [0.5, 0.6) is 0 Å². The van der Waals surface area contributed by atoms with Crippen molar-refractivity contribution in [2.45, 2.75) is 0 Å². The molecule has 0 saturated carbocycles. The third kappa shape index (κ3) is 4.96. The van der Waals surface area contributed by atoms with Crippen molar-refractivity contribution in [3.63, 3.8) is 0 Å². The fourth-order valence-electron chi connectivity index (χ4n) is 1.75. The van der Waals surface area contributed by atoms with Crippen LogP contribution in [0.4, 0.5) is 16.2 Å². The van der Waals surface area contributed by atoms with E-state index in [1.807, 2.05) is 12.1 Å². The number of carbonyl (C=O) groups is 2. The summed E-state index contributed by atoms with van der Waals surface area (Å²) in [4.78, 5) is 22.5. The topological polar surface area (TPSA) is 84.2 Å². The molecule has 4 N–H and O–H groups in total. The van der Waals surface area contributed by atoms with Crippen LogP contribution in [0.2, 0.25) is 5.02 Å². The fraction of sp³-hybridized carbons (Fsp3) is 0. The lowest BCUT2D eigenvalue weighted by Crippen LogP contribution is -2.19. The highest BCUT2D eigenvalue weighted by Crippen LogP contribution is 2.14. The standard InChI is InChI=1S/C16H14ClN3O2/c17-12-3-1-2-11(10-12)4-9-15(21)19-13-5-7-14(8-6-13)20-16(18)22/h1-10H,(H,19,21)(H3,18,20,22)/b9-4+. The summed E-state index contributed by atoms with van der Waals surface area (Å²) in [7, 11) is 0. The predicted octanol–water partition coefficient (Wildman–Crippen LogP) is 3.48. The monoisotopic (exact) mass is 315 g/mol. The molecular formula is C16H14ClN3O2. The van der Waals surface area contributed by atoms with Gasteiger partial charge >= 0.3 is 6.03 Å². The van der Waals surface area contributed by atoms with Crippen LogP contribution in [0, 0.1) is 0 Å². The van der Waals surface area contributed by atoms with Crippen LogP contribution in [0.3, 0.4) is 0 Å². The van der Waals surface area contributed by atoms with Crippen molar-refractivity contribution in [2.24, 2.45) is 5.73 Å². The second-order valence-corrected chi connectivity index (χ2v) is 4.88. The summed E-state index contributed by atoms with van der Waals surface area (Å²) in [5, 5.41) is 5.75. The number of hydrogen-bond donors (Lipinski definition) is 3. The highest BCUT2D eigenvalue weighted by atomic mass is 35.5. The number of rotatable bonds is 4. The van der Waals surface area contributed by atoms with Crippen LogP contribution in [0.1, 0.15) is 5.56 Å². The first-order valence-electron chi connectivity index (χ1n) is 6.44. The molecule has 0 saturated heterocycles. The minimum absolute atomic E-state index is 0.268. The van der Waals surface area contributed by atoms with Gasteiger partial charge in [-0.1, -0.05) is 23.7 Å². The molecule has 0 atom stereocenters. The smallest absolute Gasteiger partial charge is 0.316 e. The molecule has 2 aromatic carbocycles. The van der Waals surface area contributed by atoms with E-state index in [0.717, 1.165) is 5.56 Å². The molecule has 0 unspecified atom stereocenters. The Morgan fingerprint density at radius 1 is 1.00 bits per heavy atom. The minimum atomic E-state index is -0.638. The summed E-state index contributed by atoms with van der Waals surface area (Å²) in [6.07, 6.45) is 3.09. The molecule has 0 aromatic heterocycles. The van der Waals surface area contributed by atoms with Crippen LogP contribution >= 0.6 is 11.6 Å². The van der Waals surface area contributed by atoms with Crippen molar-refractivity contribution >= 4 is 41.0 Å². The van der Waals surface area contributed by atoms with E-state index < -0.39 is 6.03 Å². The number of primary amides is 1. The van der Waals surface area contributed by atoms with Crippen molar-refractivity contribution < 1.29 is 9.59 Å². The Hall–Kier alpha value is -2.79. The molecule has 2 aromatic rings. The number of carbonyl (C=O) groups excluding carboxylic acids is 2. The van der Waals surface area contributed by atoms with Gasteiger partial charge in [0, 0.05) is 22.5 Å². The maximum atomic E-state index is 11.8. The molecule has 2 rings (SSSR count). The number of amides is 3. The Morgan fingerprint density at radius 2 is 1.64 bits per heavy atom. The molecule has 6 heteroatoms. The molecule has 5 nitrogen and oxygen atoms in total. The van der Waals surface area contributed by atoms with E-state index in [1.165, 1.54) is 6.08 Å². The fourth-order valence-corrected chi connectivity index (χ4v) is 1.94. The van der Waals surface area contributed by atoms with Crippen molar-refractivity contribution in [1.82, 2.24) is 0 Å². The summed E-state index contributed by atoms with van der Waals surface area (Å²) < 4.78 is 0. The molecule has 0 aliphatic rings. The maximum absolute atomic E-state index is 11.8. The highest BCUT2D eigenvalue weighted by molar-refractivity contribution is 6.30. The van der Waals surface area contributed by atoms with Crippen LogP contribution in [-0.4, -0.2) is 11.9 Å². The van der Waals surface area contributed by atoms with Gasteiger partial charge in [0.25, 0.3) is 0 Å². The van der Waals surface area contributed by atoms with E-state index in [2.05, 4.69) is 10.6 Å². The number of benzene rings is 2. The molecule has 0 aliphatic heterocycles. The number of nitrogens with two attached hydrogens (primary N) is 1. The van der Waals surface area contributed by atoms with Crippen LogP contribution in [-0.2, 0) is 4.79 Å². The SMILES string of the molecule is NC(=O)Nc1ccc(NC(=O)/C=C/c2cccc(Cl)c2)cc1. The molecule has 3 amide bonds. The van der Waals surface area contributed by atoms with E-state index in [1.54, 1.807) is 42.5 Å².